The number of carbonyl (C=O) groups excluding carboxylic acids is 2. The zero-order valence-electron chi connectivity index (χ0n) is 17.7. The van der Waals surface area contributed by atoms with E-state index < -0.39 is 11.5 Å². The number of aryl methyl sites for hydroxylation is 1. The van der Waals surface area contributed by atoms with Gasteiger partial charge >= 0.3 is 5.97 Å². The molecular formula is C25H26FNO4. The summed E-state index contributed by atoms with van der Waals surface area (Å²) in [5, 5.41) is 12.6. The van der Waals surface area contributed by atoms with Crippen molar-refractivity contribution in [3.63, 3.8) is 0 Å². The van der Waals surface area contributed by atoms with Crippen molar-refractivity contribution in [2.24, 2.45) is 5.92 Å². The molecule has 1 amide bonds. The van der Waals surface area contributed by atoms with E-state index in [1.54, 1.807) is 12.1 Å². The molecule has 1 heterocycles. The number of esters is 1. The third kappa shape index (κ3) is 4.00. The van der Waals surface area contributed by atoms with Crippen LogP contribution in [0.5, 0.6) is 0 Å². The molecule has 6 heteroatoms. The van der Waals surface area contributed by atoms with Crippen LogP contribution in [0, 0.1) is 18.7 Å². The number of ether oxygens (including phenoxy) is 1. The highest BCUT2D eigenvalue weighted by Crippen LogP contribution is 2.45. The van der Waals surface area contributed by atoms with Crippen LogP contribution in [0.3, 0.4) is 0 Å². The fourth-order valence-electron chi connectivity index (χ4n) is 4.63. The molecule has 0 unspecified atom stereocenters. The number of hydrogen-bond donors (Lipinski definition) is 2. The average Bonchev–Trinajstić information content (AvgIpc) is 3.00. The Bertz CT molecular complexity index is 1050. The molecule has 1 saturated carbocycles. The molecular weight excluding hydrogens is 397 g/mol. The summed E-state index contributed by atoms with van der Waals surface area (Å²) < 4.78 is 19.0. The SMILES string of the molecule is CC(=O)OC1=C(c2cc(-c3ccc(F)cc3)ccc2C)C(=O)NC12CCC(CO)CC2. The number of rotatable bonds is 4. The standard InChI is InChI=1S/C25H26FNO4/c1-15-3-4-19(18-5-7-20(26)8-6-18)13-21(15)22-23(31-16(2)29)25(27-24(22)30)11-9-17(14-28)10-12-25/h3-8,13,17,28H,9-12,14H2,1-2H3,(H,27,30). The second-order valence-electron chi connectivity index (χ2n) is 8.50. The van der Waals surface area contributed by atoms with Crippen LogP contribution in [0.4, 0.5) is 4.39 Å². The van der Waals surface area contributed by atoms with E-state index >= 15 is 0 Å². The van der Waals surface area contributed by atoms with Gasteiger partial charge in [0.25, 0.3) is 5.91 Å². The molecule has 1 aliphatic heterocycles. The van der Waals surface area contributed by atoms with E-state index in [9.17, 15) is 19.1 Å². The van der Waals surface area contributed by atoms with Gasteiger partial charge in [-0.3, -0.25) is 9.59 Å². The fourth-order valence-corrected chi connectivity index (χ4v) is 4.63. The lowest BCUT2D eigenvalue weighted by Crippen LogP contribution is -2.48. The molecule has 1 aliphatic carbocycles. The van der Waals surface area contributed by atoms with Gasteiger partial charge in [-0.05, 0) is 79.0 Å². The van der Waals surface area contributed by atoms with Gasteiger partial charge in [0, 0.05) is 13.5 Å². The molecule has 0 bridgehead atoms. The van der Waals surface area contributed by atoms with Crippen LogP contribution in [0.15, 0.2) is 48.2 Å². The minimum atomic E-state index is -0.734. The van der Waals surface area contributed by atoms with Crippen LogP contribution >= 0.6 is 0 Å². The van der Waals surface area contributed by atoms with Crippen molar-refractivity contribution in [3.8, 4) is 11.1 Å². The smallest absolute Gasteiger partial charge is 0.307 e. The highest BCUT2D eigenvalue weighted by molar-refractivity contribution is 6.24. The zero-order valence-corrected chi connectivity index (χ0v) is 17.7. The normalized spacial score (nSPS) is 23.2. The summed E-state index contributed by atoms with van der Waals surface area (Å²) in [6.45, 7) is 3.35. The van der Waals surface area contributed by atoms with E-state index in [0.717, 1.165) is 29.5 Å². The molecule has 31 heavy (non-hydrogen) atoms. The van der Waals surface area contributed by atoms with Crippen molar-refractivity contribution in [2.75, 3.05) is 6.61 Å². The third-order valence-corrected chi connectivity index (χ3v) is 6.39. The highest BCUT2D eigenvalue weighted by Gasteiger charge is 2.49. The molecule has 5 nitrogen and oxygen atoms in total. The van der Waals surface area contributed by atoms with E-state index in [0.29, 0.717) is 29.7 Å². The minimum Gasteiger partial charge on any atom is -0.428 e. The van der Waals surface area contributed by atoms with Crippen LogP contribution in [0.1, 0.15) is 43.7 Å². The number of benzene rings is 2. The second kappa shape index (κ2) is 8.27. The minimum absolute atomic E-state index is 0.113. The maximum absolute atomic E-state index is 13.3. The summed E-state index contributed by atoms with van der Waals surface area (Å²) in [6, 6.07) is 11.9. The first kappa shape index (κ1) is 21.2. The number of halogens is 1. The molecule has 4 rings (SSSR count). The summed E-state index contributed by atoms with van der Waals surface area (Å²) in [5.74, 6) is -0.487. The predicted octanol–water partition coefficient (Wildman–Crippen LogP) is 4.13. The van der Waals surface area contributed by atoms with Crippen molar-refractivity contribution in [1.82, 2.24) is 5.32 Å². The Labute approximate surface area is 180 Å². The Morgan fingerprint density at radius 2 is 1.81 bits per heavy atom. The Kier molecular flexibility index (Phi) is 5.67. The summed E-state index contributed by atoms with van der Waals surface area (Å²) in [6.07, 6.45) is 2.69. The molecule has 1 fully saturated rings. The number of aliphatic hydroxyl groups excluding tert-OH is 1. The van der Waals surface area contributed by atoms with E-state index in [1.807, 2.05) is 25.1 Å². The van der Waals surface area contributed by atoms with Crippen molar-refractivity contribution in [3.05, 3.63) is 65.2 Å². The van der Waals surface area contributed by atoms with Gasteiger partial charge in [0.05, 0.1) is 11.1 Å². The number of amides is 1. The van der Waals surface area contributed by atoms with E-state index in [2.05, 4.69) is 5.32 Å². The quantitative estimate of drug-likeness (QED) is 0.726. The van der Waals surface area contributed by atoms with Crippen molar-refractivity contribution >= 4 is 17.4 Å². The lowest BCUT2D eigenvalue weighted by atomic mass is 9.75. The topological polar surface area (TPSA) is 75.6 Å². The zero-order chi connectivity index (χ0) is 22.2. The van der Waals surface area contributed by atoms with Gasteiger partial charge in [-0.15, -0.1) is 0 Å². The largest absolute Gasteiger partial charge is 0.428 e. The van der Waals surface area contributed by atoms with Crippen molar-refractivity contribution in [2.45, 2.75) is 45.1 Å². The first-order valence-electron chi connectivity index (χ1n) is 10.6. The predicted molar refractivity (Wildman–Crippen MR) is 115 cm³/mol. The summed E-state index contributed by atoms with van der Waals surface area (Å²) in [5.41, 5.74) is 2.88. The van der Waals surface area contributed by atoms with Crippen LogP contribution < -0.4 is 5.32 Å². The molecule has 2 aliphatic rings. The molecule has 2 aromatic rings. The Morgan fingerprint density at radius 1 is 1.16 bits per heavy atom. The van der Waals surface area contributed by atoms with Crippen LogP contribution in [0.25, 0.3) is 16.7 Å². The Hall–Kier alpha value is -2.99. The maximum Gasteiger partial charge on any atom is 0.307 e. The maximum atomic E-state index is 13.3. The first-order valence-corrected chi connectivity index (χ1v) is 10.6. The molecule has 2 N–H and O–H groups in total. The van der Waals surface area contributed by atoms with E-state index in [1.165, 1.54) is 19.1 Å². The monoisotopic (exact) mass is 423 g/mol. The van der Waals surface area contributed by atoms with E-state index in [-0.39, 0.29) is 24.2 Å². The molecule has 1 spiro atoms. The third-order valence-electron chi connectivity index (χ3n) is 6.39. The molecule has 162 valence electrons. The van der Waals surface area contributed by atoms with Gasteiger partial charge in [0.2, 0.25) is 0 Å². The Morgan fingerprint density at radius 3 is 2.42 bits per heavy atom. The molecule has 0 saturated heterocycles. The van der Waals surface area contributed by atoms with Crippen LogP contribution in [0.2, 0.25) is 0 Å². The Balaban J connectivity index is 1.82. The number of carbonyl (C=O) groups is 2. The van der Waals surface area contributed by atoms with Crippen LogP contribution in [-0.4, -0.2) is 29.1 Å². The summed E-state index contributed by atoms with van der Waals surface area (Å²) >= 11 is 0. The first-order chi connectivity index (χ1) is 14.8. The van der Waals surface area contributed by atoms with Gasteiger partial charge in [0.1, 0.15) is 11.6 Å². The van der Waals surface area contributed by atoms with Gasteiger partial charge < -0.3 is 15.2 Å². The van der Waals surface area contributed by atoms with Gasteiger partial charge in [0.15, 0.2) is 0 Å². The van der Waals surface area contributed by atoms with Gasteiger partial charge in [-0.2, -0.15) is 0 Å². The molecule has 0 atom stereocenters. The van der Waals surface area contributed by atoms with Gasteiger partial charge in [-0.1, -0.05) is 24.3 Å². The molecule has 2 aromatic carbocycles. The van der Waals surface area contributed by atoms with Gasteiger partial charge in [-0.25, -0.2) is 4.39 Å². The summed E-state index contributed by atoms with van der Waals surface area (Å²) in [7, 11) is 0. The number of nitrogens with one attached hydrogen (secondary N) is 1. The summed E-state index contributed by atoms with van der Waals surface area (Å²) in [4.78, 5) is 25.1. The second-order valence-corrected chi connectivity index (χ2v) is 8.50. The van der Waals surface area contributed by atoms with Crippen molar-refractivity contribution < 1.29 is 23.8 Å². The lowest BCUT2D eigenvalue weighted by molar-refractivity contribution is -0.138. The number of hydrogen-bond acceptors (Lipinski definition) is 4. The molecule has 0 radical (unpaired) electrons. The van der Waals surface area contributed by atoms with Crippen LogP contribution in [-0.2, 0) is 14.3 Å². The lowest BCUT2D eigenvalue weighted by Gasteiger charge is -2.37. The highest BCUT2D eigenvalue weighted by atomic mass is 19.1. The average molecular weight is 423 g/mol. The van der Waals surface area contributed by atoms with Crippen molar-refractivity contribution in [1.29, 1.82) is 0 Å². The number of aliphatic hydroxyl groups is 1. The van der Waals surface area contributed by atoms with E-state index in [4.69, 9.17) is 4.74 Å². The molecule has 0 aromatic heterocycles. The fraction of sp³-hybridized carbons (Fsp3) is 0.360.